The first-order valence-electron chi connectivity index (χ1n) is 11.1. The van der Waals surface area contributed by atoms with Crippen molar-refractivity contribution in [3.63, 3.8) is 0 Å². The maximum absolute atomic E-state index is 12.7. The van der Waals surface area contributed by atoms with Crippen LogP contribution < -0.4 is 15.7 Å². The number of benzene rings is 3. The molecule has 7 heteroatoms. The van der Waals surface area contributed by atoms with Gasteiger partial charge in [0.25, 0.3) is 0 Å². The fraction of sp³-hybridized carbons (Fsp3) is 0.185. The first kappa shape index (κ1) is 21.6. The molecule has 2 heterocycles. The topological polar surface area (TPSA) is 81.0 Å². The summed E-state index contributed by atoms with van der Waals surface area (Å²) >= 11 is 0. The van der Waals surface area contributed by atoms with Gasteiger partial charge in [-0.1, -0.05) is 48.5 Å². The van der Waals surface area contributed by atoms with Crippen LogP contribution in [0.2, 0.25) is 0 Å². The molecule has 5 rings (SSSR count). The number of carbonyl (C=O) groups excluding carboxylic acids is 1. The second kappa shape index (κ2) is 8.94. The summed E-state index contributed by atoms with van der Waals surface area (Å²) in [5, 5.41) is 5.19. The van der Waals surface area contributed by atoms with Gasteiger partial charge in [-0.25, -0.2) is 9.59 Å². The van der Waals surface area contributed by atoms with E-state index in [4.69, 9.17) is 13.9 Å². The highest BCUT2D eigenvalue weighted by atomic mass is 16.5. The minimum Gasteiger partial charge on any atom is -0.494 e. The number of ether oxygens (including phenoxy) is 2. The summed E-state index contributed by atoms with van der Waals surface area (Å²) in [5.41, 5.74) is 1.59. The van der Waals surface area contributed by atoms with Gasteiger partial charge in [-0.05, 0) is 36.1 Å². The van der Waals surface area contributed by atoms with Crippen molar-refractivity contribution in [3.05, 3.63) is 100 Å². The fourth-order valence-corrected chi connectivity index (χ4v) is 4.21. The summed E-state index contributed by atoms with van der Waals surface area (Å²) in [6, 6.07) is 21.8. The van der Waals surface area contributed by atoms with Crippen molar-refractivity contribution in [2.24, 2.45) is 0 Å². The van der Waals surface area contributed by atoms with Crippen LogP contribution in [0.4, 0.5) is 4.79 Å². The van der Waals surface area contributed by atoms with Gasteiger partial charge in [0.1, 0.15) is 35.4 Å². The average Bonchev–Trinajstić information content (AvgIpc) is 2.86. The van der Waals surface area contributed by atoms with Crippen LogP contribution in [0, 0.1) is 0 Å². The summed E-state index contributed by atoms with van der Waals surface area (Å²) in [6.07, 6.45) is 0. The molecule has 1 atom stereocenters. The Hall–Kier alpha value is -4.26. The lowest BCUT2D eigenvalue weighted by Crippen LogP contribution is -2.46. The van der Waals surface area contributed by atoms with E-state index in [2.05, 4.69) is 5.32 Å². The Labute approximate surface area is 196 Å². The van der Waals surface area contributed by atoms with E-state index in [1.807, 2.05) is 67.6 Å². The molecule has 0 spiro atoms. The smallest absolute Gasteiger partial charge is 0.344 e. The van der Waals surface area contributed by atoms with Crippen molar-refractivity contribution in [3.8, 4) is 5.75 Å². The molecule has 172 valence electrons. The van der Waals surface area contributed by atoms with E-state index in [1.165, 1.54) is 4.90 Å². The zero-order valence-corrected chi connectivity index (χ0v) is 18.9. The average molecular weight is 456 g/mol. The normalized spacial score (nSPS) is 16.1. The second-order valence-electron chi connectivity index (χ2n) is 7.98. The summed E-state index contributed by atoms with van der Waals surface area (Å²) in [4.78, 5) is 26.6. The van der Waals surface area contributed by atoms with Gasteiger partial charge in [0, 0.05) is 18.5 Å². The molecule has 4 aromatic rings. The highest BCUT2D eigenvalue weighted by Gasteiger charge is 2.33. The van der Waals surface area contributed by atoms with Gasteiger partial charge in [-0.15, -0.1) is 0 Å². The number of fused-ring (bicyclic) bond motifs is 3. The summed E-state index contributed by atoms with van der Waals surface area (Å²) < 4.78 is 17.6. The number of likely N-dealkylation sites (N-methyl/N-ethyl adjacent to an activating group) is 1. The Morgan fingerprint density at radius 2 is 1.65 bits per heavy atom. The van der Waals surface area contributed by atoms with Gasteiger partial charge in [0.15, 0.2) is 0 Å². The van der Waals surface area contributed by atoms with Gasteiger partial charge in [-0.2, -0.15) is 0 Å². The van der Waals surface area contributed by atoms with Crippen LogP contribution in [0.5, 0.6) is 5.75 Å². The molecule has 1 aliphatic heterocycles. The van der Waals surface area contributed by atoms with E-state index in [0.717, 1.165) is 16.3 Å². The molecule has 0 saturated heterocycles. The van der Waals surface area contributed by atoms with Crippen molar-refractivity contribution in [1.82, 2.24) is 10.2 Å². The highest BCUT2D eigenvalue weighted by Crippen LogP contribution is 2.32. The maximum Gasteiger partial charge on any atom is 0.344 e. The first-order valence-corrected chi connectivity index (χ1v) is 11.1. The fourth-order valence-electron chi connectivity index (χ4n) is 4.21. The van der Waals surface area contributed by atoms with Crippen molar-refractivity contribution in [2.45, 2.75) is 13.0 Å². The van der Waals surface area contributed by atoms with Gasteiger partial charge in [0.05, 0.1) is 12.0 Å². The molecule has 34 heavy (non-hydrogen) atoms. The lowest BCUT2D eigenvalue weighted by Gasteiger charge is -2.34. The number of rotatable bonds is 6. The van der Waals surface area contributed by atoms with Crippen molar-refractivity contribution < 1.29 is 18.7 Å². The van der Waals surface area contributed by atoms with Crippen LogP contribution in [0.15, 0.2) is 93.5 Å². The molecule has 7 nitrogen and oxygen atoms in total. The molecular weight excluding hydrogens is 432 g/mol. The van der Waals surface area contributed by atoms with Crippen LogP contribution in [0.3, 0.4) is 0 Å². The van der Waals surface area contributed by atoms with Gasteiger partial charge in [0.2, 0.25) is 0 Å². The minimum atomic E-state index is -0.413. The Balaban J connectivity index is 1.50. The quantitative estimate of drug-likeness (QED) is 0.327. The Morgan fingerprint density at radius 1 is 0.912 bits per heavy atom. The van der Waals surface area contributed by atoms with E-state index in [0.29, 0.717) is 34.8 Å². The summed E-state index contributed by atoms with van der Waals surface area (Å²) in [7, 11) is 1.68. The molecule has 0 aliphatic carbocycles. The van der Waals surface area contributed by atoms with E-state index >= 15 is 0 Å². The van der Waals surface area contributed by atoms with E-state index in [9.17, 15) is 9.59 Å². The third-order valence-corrected chi connectivity index (χ3v) is 5.93. The zero-order valence-electron chi connectivity index (χ0n) is 18.9. The largest absolute Gasteiger partial charge is 0.494 e. The third kappa shape index (κ3) is 3.85. The van der Waals surface area contributed by atoms with Gasteiger partial charge < -0.3 is 19.2 Å². The molecule has 1 N–H and O–H groups in total. The highest BCUT2D eigenvalue weighted by molar-refractivity contribution is 6.04. The van der Waals surface area contributed by atoms with E-state index in [-0.39, 0.29) is 12.6 Å². The van der Waals surface area contributed by atoms with Crippen LogP contribution in [0.1, 0.15) is 18.5 Å². The SMILES string of the molecule is CCOC1=C(COc2ccc3c(c2)oc(=O)c2ccccc23)N(C)C(=O)N[C@H]1c1ccccc1. The minimum absolute atomic E-state index is 0.103. The first-order chi connectivity index (χ1) is 16.6. The molecule has 0 radical (unpaired) electrons. The van der Waals surface area contributed by atoms with Gasteiger partial charge >= 0.3 is 11.7 Å². The van der Waals surface area contributed by atoms with Crippen LogP contribution in [0.25, 0.3) is 21.7 Å². The van der Waals surface area contributed by atoms with Crippen LogP contribution >= 0.6 is 0 Å². The number of urea groups is 1. The molecule has 0 bridgehead atoms. The van der Waals surface area contributed by atoms with Crippen LogP contribution in [-0.2, 0) is 4.74 Å². The molecule has 2 amide bonds. The number of hydrogen-bond acceptors (Lipinski definition) is 5. The van der Waals surface area contributed by atoms with Gasteiger partial charge in [-0.3, -0.25) is 4.90 Å². The number of amides is 2. The van der Waals surface area contributed by atoms with E-state index < -0.39 is 11.7 Å². The number of hydrogen-bond donors (Lipinski definition) is 1. The molecule has 1 aromatic heterocycles. The zero-order chi connectivity index (χ0) is 23.7. The Kier molecular flexibility index (Phi) is 5.67. The van der Waals surface area contributed by atoms with Crippen LogP contribution in [-0.4, -0.2) is 31.2 Å². The summed E-state index contributed by atoms with van der Waals surface area (Å²) in [6.45, 7) is 2.45. The lowest BCUT2D eigenvalue weighted by molar-refractivity contribution is 0.149. The Bertz CT molecular complexity index is 1460. The monoisotopic (exact) mass is 456 g/mol. The second-order valence-corrected chi connectivity index (χ2v) is 7.98. The number of carbonyl (C=O) groups is 1. The summed E-state index contributed by atoms with van der Waals surface area (Å²) in [5.74, 6) is 1.15. The molecule has 0 unspecified atom stereocenters. The number of nitrogens with one attached hydrogen (secondary N) is 1. The predicted octanol–water partition coefficient (Wildman–Crippen LogP) is 4.97. The molecule has 1 aliphatic rings. The standard InChI is InChI=1S/C27H24N2O5/c1-3-32-25-22(29(2)27(31)28-24(25)17-9-5-4-6-10-17)16-33-18-13-14-20-19-11-7-8-12-21(19)26(30)34-23(20)15-18/h4-15,24H,3,16H2,1-2H3,(H,28,31)/t24-/m0/s1. The molecule has 0 saturated carbocycles. The maximum atomic E-state index is 12.7. The lowest BCUT2D eigenvalue weighted by atomic mass is 10.0. The molecular formula is C27H24N2O5. The molecule has 0 fully saturated rings. The van der Waals surface area contributed by atoms with Crippen molar-refractivity contribution in [2.75, 3.05) is 20.3 Å². The molecule has 3 aromatic carbocycles. The Morgan fingerprint density at radius 3 is 2.41 bits per heavy atom. The predicted molar refractivity (Wildman–Crippen MR) is 130 cm³/mol. The van der Waals surface area contributed by atoms with Crippen molar-refractivity contribution in [1.29, 1.82) is 0 Å². The van der Waals surface area contributed by atoms with E-state index in [1.54, 1.807) is 19.2 Å². The van der Waals surface area contributed by atoms with Crippen molar-refractivity contribution >= 4 is 27.8 Å². The number of nitrogens with zero attached hydrogens (tertiary/aromatic N) is 1. The third-order valence-electron chi connectivity index (χ3n) is 5.93.